The zero-order valence-corrected chi connectivity index (χ0v) is 19.1. The Balaban J connectivity index is 1.52. The van der Waals surface area contributed by atoms with Gasteiger partial charge >= 0.3 is 0 Å². The third kappa shape index (κ3) is 7.47. The van der Waals surface area contributed by atoms with Crippen LogP contribution < -0.4 is 5.32 Å². The van der Waals surface area contributed by atoms with Gasteiger partial charge in [0.15, 0.2) is 5.78 Å². The predicted octanol–water partition coefficient (Wildman–Crippen LogP) is 6.69. The van der Waals surface area contributed by atoms with E-state index in [-0.39, 0.29) is 5.78 Å². The lowest BCUT2D eigenvalue weighted by atomic mass is 10.0. The average Bonchev–Trinajstić information content (AvgIpc) is 2.84. The van der Waals surface area contributed by atoms with E-state index in [0.717, 1.165) is 60.7 Å². The van der Waals surface area contributed by atoms with Gasteiger partial charge in [0, 0.05) is 29.6 Å². The van der Waals surface area contributed by atoms with Crippen LogP contribution >= 0.6 is 0 Å². The minimum absolute atomic E-state index is 0.211. The van der Waals surface area contributed by atoms with E-state index in [2.05, 4.69) is 41.2 Å². The lowest BCUT2D eigenvalue weighted by molar-refractivity contribution is 0.0978. The first-order valence-electron chi connectivity index (χ1n) is 11.5. The molecule has 1 aromatic heterocycles. The molecule has 0 spiro atoms. The summed E-state index contributed by atoms with van der Waals surface area (Å²) in [5.41, 5.74) is 4.73. The summed E-state index contributed by atoms with van der Waals surface area (Å²) in [7, 11) is 0. The molecule has 0 aliphatic carbocycles. The molecule has 4 nitrogen and oxygen atoms in total. The Morgan fingerprint density at radius 3 is 2.44 bits per heavy atom. The van der Waals surface area contributed by atoms with E-state index in [1.54, 1.807) is 6.20 Å². The molecule has 3 rings (SSSR count). The number of rotatable bonds is 12. The summed E-state index contributed by atoms with van der Waals surface area (Å²) < 4.78 is 0. The number of carbonyl (C=O) groups excluding carboxylic acids is 1. The smallest absolute Gasteiger partial charge is 0.162 e. The summed E-state index contributed by atoms with van der Waals surface area (Å²) in [6.45, 7) is 7.56. The summed E-state index contributed by atoms with van der Waals surface area (Å²) >= 11 is 0. The largest absolute Gasteiger partial charge is 0.356 e. The molecule has 0 saturated carbocycles. The van der Waals surface area contributed by atoms with Crippen LogP contribution in [0.2, 0.25) is 0 Å². The van der Waals surface area contributed by atoms with Gasteiger partial charge < -0.3 is 10.2 Å². The molecule has 0 aliphatic heterocycles. The Bertz CT molecular complexity index is 993. The van der Waals surface area contributed by atoms with Gasteiger partial charge in [0.2, 0.25) is 0 Å². The Morgan fingerprint density at radius 2 is 1.72 bits per heavy atom. The summed E-state index contributed by atoms with van der Waals surface area (Å²) in [5, 5.41) is 3.40. The summed E-state index contributed by atoms with van der Waals surface area (Å²) in [6.07, 6.45) is 8.43. The number of Topliss-reactive ketones (excluding diaryl/α,β-unsaturated/α-hetero) is 1. The van der Waals surface area contributed by atoms with Crippen molar-refractivity contribution in [2.24, 2.45) is 0 Å². The number of unbranched alkanes of at least 4 members (excludes halogenated alkanes) is 1. The van der Waals surface area contributed by atoms with Crippen LogP contribution in [0.5, 0.6) is 0 Å². The first-order chi connectivity index (χ1) is 15.7. The zero-order chi connectivity index (χ0) is 22.6. The number of hydrogen-bond donors (Lipinski definition) is 1. The Morgan fingerprint density at radius 1 is 0.906 bits per heavy atom. The van der Waals surface area contributed by atoms with Gasteiger partial charge in [-0.1, -0.05) is 50.3 Å². The molecule has 0 aliphatic rings. The number of aromatic nitrogens is 1. The van der Waals surface area contributed by atoms with Crippen molar-refractivity contribution < 1.29 is 4.79 Å². The number of hydrogen-bond acceptors (Lipinski definition) is 4. The highest BCUT2D eigenvalue weighted by molar-refractivity contribution is 5.97. The topological polar surface area (TPSA) is 45.2 Å². The zero-order valence-electron chi connectivity index (χ0n) is 19.1. The SMILES string of the molecule is CCN(CC)CCCCC(=O)c1cccc(Nc2ccc(/C=C/c3ccccn3)cc2)c1. The second-order valence-corrected chi connectivity index (χ2v) is 7.82. The van der Waals surface area contributed by atoms with Crippen LogP contribution in [0.15, 0.2) is 72.9 Å². The van der Waals surface area contributed by atoms with E-state index in [9.17, 15) is 4.79 Å². The van der Waals surface area contributed by atoms with Crippen molar-refractivity contribution in [3.05, 3.63) is 89.7 Å². The molecule has 4 heteroatoms. The maximum Gasteiger partial charge on any atom is 0.162 e. The van der Waals surface area contributed by atoms with Gasteiger partial charge in [-0.05, 0) is 80.5 Å². The number of ketones is 1. The van der Waals surface area contributed by atoms with E-state index >= 15 is 0 Å². The van der Waals surface area contributed by atoms with Gasteiger partial charge in [-0.3, -0.25) is 9.78 Å². The number of carbonyl (C=O) groups is 1. The number of nitrogens with zero attached hydrogens (tertiary/aromatic N) is 2. The van der Waals surface area contributed by atoms with Crippen LogP contribution in [0.3, 0.4) is 0 Å². The van der Waals surface area contributed by atoms with Crippen molar-refractivity contribution in [1.29, 1.82) is 0 Å². The minimum Gasteiger partial charge on any atom is -0.356 e. The van der Waals surface area contributed by atoms with Gasteiger partial charge in [0.05, 0.1) is 5.69 Å². The van der Waals surface area contributed by atoms with Crippen molar-refractivity contribution in [3.8, 4) is 0 Å². The Labute approximate surface area is 192 Å². The van der Waals surface area contributed by atoms with Crippen LogP contribution in [0.1, 0.15) is 54.7 Å². The van der Waals surface area contributed by atoms with E-state index in [0.29, 0.717) is 6.42 Å². The minimum atomic E-state index is 0.211. The molecule has 0 saturated heterocycles. The Hall–Kier alpha value is -3.24. The molecule has 3 aromatic rings. The third-order valence-corrected chi connectivity index (χ3v) is 5.54. The second kappa shape index (κ2) is 12.6. The fourth-order valence-electron chi connectivity index (χ4n) is 3.58. The fourth-order valence-corrected chi connectivity index (χ4v) is 3.58. The maximum absolute atomic E-state index is 12.6. The van der Waals surface area contributed by atoms with E-state index < -0.39 is 0 Å². The van der Waals surface area contributed by atoms with Gasteiger partial charge in [0.25, 0.3) is 0 Å². The van der Waals surface area contributed by atoms with E-state index in [1.165, 1.54) is 0 Å². The van der Waals surface area contributed by atoms with Gasteiger partial charge in [-0.25, -0.2) is 0 Å². The molecule has 0 fully saturated rings. The molecule has 0 radical (unpaired) electrons. The van der Waals surface area contributed by atoms with E-state index in [1.807, 2.05) is 66.7 Å². The van der Waals surface area contributed by atoms with Gasteiger partial charge in [-0.15, -0.1) is 0 Å². The lowest BCUT2D eigenvalue weighted by Gasteiger charge is -2.17. The van der Waals surface area contributed by atoms with Crippen LogP contribution in [-0.2, 0) is 0 Å². The molecule has 2 aromatic carbocycles. The molecule has 0 atom stereocenters. The summed E-state index contributed by atoms with van der Waals surface area (Å²) in [4.78, 5) is 19.3. The predicted molar refractivity (Wildman–Crippen MR) is 135 cm³/mol. The molecular weight excluding hydrogens is 394 g/mol. The third-order valence-electron chi connectivity index (χ3n) is 5.54. The van der Waals surface area contributed by atoms with Gasteiger partial charge in [-0.2, -0.15) is 0 Å². The van der Waals surface area contributed by atoms with Gasteiger partial charge in [0.1, 0.15) is 0 Å². The van der Waals surface area contributed by atoms with Crippen LogP contribution in [-0.4, -0.2) is 35.3 Å². The molecular formula is C28H33N3O. The fraction of sp³-hybridized carbons (Fsp3) is 0.286. The molecule has 1 heterocycles. The van der Waals surface area contributed by atoms with Crippen molar-refractivity contribution in [3.63, 3.8) is 0 Å². The molecule has 0 amide bonds. The van der Waals surface area contributed by atoms with Crippen molar-refractivity contribution in [2.75, 3.05) is 25.0 Å². The summed E-state index contributed by atoms with van der Waals surface area (Å²) in [5.74, 6) is 0.211. The number of pyridine rings is 1. The quantitative estimate of drug-likeness (QED) is 0.258. The first kappa shape index (κ1) is 23.4. The molecule has 0 unspecified atom stereocenters. The lowest BCUT2D eigenvalue weighted by Crippen LogP contribution is -2.24. The molecule has 0 bridgehead atoms. The molecule has 32 heavy (non-hydrogen) atoms. The van der Waals surface area contributed by atoms with Crippen molar-refractivity contribution in [2.45, 2.75) is 33.1 Å². The van der Waals surface area contributed by atoms with E-state index in [4.69, 9.17) is 0 Å². The first-order valence-corrected chi connectivity index (χ1v) is 11.5. The van der Waals surface area contributed by atoms with Crippen molar-refractivity contribution >= 4 is 29.3 Å². The van der Waals surface area contributed by atoms with Crippen LogP contribution in [0.25, 0.3) is 12.2 Å². The maximum atomic E-state index is 12.6. The average molecular weight is 428 g/mol. The Kier molecular flexibility index (Phi) is 9.20. The standard InChI is InChI=1S/C28H33N3O/c1-3-31(4-2)21-8-6-13-28(32)24-10-9-12-27(22-24)30-26-18-15-23(16-19-26)14-17-25-11-5-7-20-29-25/h5,7,9-12,14-20,22,30H,3-4,6,8,13,21H2,1-2H3/b17-14+. The summed E-state index contributed by atoms with van der Waals surface area (Å²) in [6, 6.07) is 21.9. The normalized spacial score (nSPS) is 11.2. The monoisotopic (exact) mass is 427 g/mol. The highest BCUT2D eigenvalue weighted by Crippen LogP contribution is 2.20. The number of benzene rings is 2. The van der Waals surface area contributed by atoms with Crippen LogP contribution in [0.4, 0.5) is 11.4 Å². The number of anilines is 2. The molecule has 1 N–H and O–H groups in total. The molecule has 166 valence electrons. The highest BCUT2D eigenvalue weighted by atomic mass is 16.1. The van der Waals surface area contributed by atoms with Crippen LogP contribution in [0, 0.1) is 0 Å². The number of nitrogens with one attached hydrogen (secondary N) is 1. The highest BCUT2D eigenvalue weighted by Gasteiger charge is 2.07. The second-order valence-electron chi connectivity index (χ2n) is 7.82. The van der Waals surface area contributed by atoms with Crippen molar-refractivity contribution in [1.82, 2.24) is 9.88 Å².